The lowest BCUT2D eigenvalue weighted by molar-refractivity contribution is 0.270. The molecule has 0 aliphatic heterocycles. The summed E-state index contributed by atoms with van der Waals surface area (Å²) in [6.45, 7) is 6.47. The van der Waals surface area contributed by atoms with Crippen molar-refractivity contribution in [1.82, 2.24) is 0 Å². The van der Waals surface area contributed by atoms with Gasteiger partial charge >= 0.3 is 0 Å². The molecule has 0 heterocycles. The van der Waals surface area contributed by atoms with Crippen LogP contribution in [0, 0.1) is 0 Å². The Kier molecular flexibility index (Phi) is 5.43. The number of benzene rings is 2. The molecule has 0 aliphatic rings. The lowest BCUT2D eigenvalue weighted by Gasteiger charge is -2.18. The first-order valence-corrected chi connectivity index (χ1v) is 8.37. The molecule has 0 fully saturated rings. The summed E-state index contributed by atoms with van der Waals surface area (Å²) in [5, 5.41) is 3.54. The van der Waals surface area contributed by atoms with Crippen molar-refractivity contribution in [2.45, 2.75) is 31.1 Å². The first-order valence-electron chi connectivity index (χ1n) is 6.80. The van der Waals surface area contributed by atoms with Crippen LogP contribution in [-0.4, -0.2) is 5.24 Å². The zero-order valence-electron chi connectivity index (χ0n) is 12.6. The Morgan fingerprint density at radius 2 is 1.68 bits per heavy atom. The second-order valence-electron chi connectivity index (χ2n) is 5.91. The largest absolute Gasteiger partial charge is 0.315 e. The summed E-state index contributed by atoms with van der Waals surface area (Å²) in [5.74, 6) is 0. The number of carbonyl (C=O) groups is 1. The van der Waals surface area contributed by atoms with Crippen LogP contribution in [0.4, 0.5) is 10.5 Å². The topological polar surface area (TPSA) is 29.1 Å². The fraction of sp³-hybridized carbons (Fsp3) is 0.235. The van der Waals surface area contributed by atoms with Crippen molar-refractivity contribution in [2.75, 3.05) is 5.32 Å². The lowest BCUT2D eigenvalue weighted by atomic mass is 9.87. The standard InChI is InChI=1S/C17H17Cl2NOS/c1-17(2,3)11-4-7-13(8-5-11)22-16(21)20-15-10-12(18)6-9-14(15)19/h4-10H,1-3H3,(H,20,21). The summed E-state index contributed by atoms with van der Waals surface area (Å²) in [6.07, 6.45) is 0. The van der Waals surface area contributed by atoms with Gasteiger partial charge in [0.15, 0.2) is 0 Å². The van der Waals surface area contributed by atoms with Crippen LogP contribution in [0.25, 0.3) is 0 Å². The average molecular weight is 354 g/mol. The molecule has 2 nitrogen and oxygen atoms in total. The molecule has 0 radical (unpaired) electrons. The highest BCUT2D eigenvalue weighted by Gasteiger charge is 2.14. The molecule has 116 valence electrons. The van der Waals surface area contributed by atoms with Gasteiger partial charge in [-0.2, -0.15) is 0 Å². The van der Waals surface area contributed by atoms with Gasteiger partial charge in [0.05, 0.1) is 10.7 Å². The molecule has 22 heavy (non-hydrogen) atoms. The summed E-state index contributed by atoms with van der Waals surface area (Å²) >= 11 is 13.1. The van der Waals surface area contributed by atoms with Gasteiger partial charge in [0.25, 0.3) is 5.24 Å². The van der Waals surface area contributed by atoms with Crippen molar-refractivity contribution in [1.29, 1.82) is 0 Å². The normalized spacial score (nSPS) is 11.3. The van der Waals surface area contributed by atoms with Gasteiger partial charge < -0.3 is 5.32 Å². The van der Waals surface area contributed by atoms with E-state index in [1.165, 1.54) is 5.56 Å². The summed E-state index contributed by atoms with van der Waals surface area (Å²) in [5.41, 5.74) is 1.84. The van der Waals surface area contributed by atoms with Gasteiger partial charge in [-0.1, -0.05) is 56.1 Å². The molecule has 0 aromatic heterocycles. The monoisotopic (exact) mass is 353 g/mol. The number of amides is 1. The van der Waals surface area contributed by atoms with Crippen LogP contribution in [0.3, 0.4) is 0 Å². The molecule has 0 bridgehead atoms. The smallest absolute Gasteiger partial charge is 0.288 e. The first-order chi connectivity index (χ1) is 10.3. The van der Waals surface area contributed by atoms with Crippen molar-refractivity contribution in [3.8, 4) is 0 Å². The second-order valence-corrected chi connectivity index (χ2v) is 7.80. The number of carbonyl (C=O) groups excluding carboxylic acids is 1. The van der Waals surface area contributed by atoms with E-state index >= 15 is 0 Å². The molecular formula is C17H17Cl2NOS. The molecular weight excluding hydrogens is 337 g/mol. The molecule has 0 saturated carbocycles. The summed E-state index contributed by atoms with van der Waals surface area (Å²) in [7, 11) is 0. The zero-order valence-corrected chi connectivity index (χ0v) is 14.9. The Morgan fingerprint density at radius 1 is 1.05 bits per heavy atom. The predicted octanol–water partition coefficient (Wildman–Crippen LogP) is 6.62. The van der Waals surface area contributed by atoms with E-state index in [1.54, 1.807) is 18.2 Å². The molecule has 2 aromatic rings. The minimum absolute atomic E-state index is 0.0970. The molecule has 0 unspecified atom stereocenters. The SMILES string of the molecule is CC(C)(C)c1ccc(SC(=O)Nc2cc(Cl)ccc2Cl)cc1. The van der Waals surface area contributed by atoms with E-state index in [0.717, 1.165) is 16.7 Å². The Balaban J connectivity index is 2.04. The summed E-state index contributed by atoms with van der Waals surface area (Å²) < 4.78 is 0. The summed E-state index contributed by atoms with van der Waals surface area (Å²) in [6, 6.07) is 12.9. The highest BCUT2D eigenvalue weighted by Crippen LogP contribution is 2.29. The molecule has 2 aromatic carbocycles. The molecule has 2 rings (SSSR count). The van der Waals surface area contributed by atoms with E-state index in [2.05, 4.69) is 26.1 Å². The van der Waals surface area contributed by atoms with Crippen molar-refractivity contribution in [3.63, 3.8) is 0 Å². The third-order valence-corrected chi connectivity index (χ3v) is 4.46. The predicted molar refractivity (Wildman–Crippen MR) is 96.5 cm³/mol. The zero-order chi connectivity index (χ0) is 16.3. The van der Waals surface area contributed by atoms with Gasteiger partial charge in [-0.05, 0) is 53.1 Å². The number of rotatable bonds is 2. The van der Waals surface area contributed by atoms with Gasteiger partial charge in [0.2, 0.25) is 0 Å². The van der Waals surface area contributed by atoms with E-state index in [-0.39, 0.29) is 10.7 Å². The van der Waals surface area contributed by atoms with Crippen LogP contribution >= 0.6 is 35.0 Å². The second kappa shape index (κ2) is 6.95. The number of nitrogens with one attached hydrogen (secondary N) is 1. The Hall–Kier alpha value is -1.16. The van der Waals surface area contributed by atoms with E-state index in [4.69, 9.17) is 23.2 Å². The van der Waals surface area contributed by atoms with Gasteiger partial charge in [-0.25, -0.2) is 0 Å². The van der Waals surface area contributed by atoms with Crippen molar-refractivity contribution in [2.24, 2.45) is 0 Å². The highest BCUT2D eigenvalue weighted by atomic mass is 35.5. The Morgan fingerprint density at radius 3 is 2.27 bits per heavy atom. The molecule has 1 amide bonds. The molecule has 0 aliphatic carbocycles. The lowest BCUT2D eigenvalue weighted by Crippen LogP contribution is -2.10. The number of hydrogen-bond acceptors (Lipinski definition) is 2. The van der Waals surface area contributed by atoms with Crippen LogP contribution in [-0.2, 0) is 5.41 Å². The average Bonchev–Trinajstić information content (AvgIpc) is 2.42. The van der Waals surface area contributed by atoms with E-state index in [1.807, 2.05) is 24.3 Å². The van der Waals surface area contributed by atoms with Crippen molar-refractivity contribution in [3.05, 3.63) is 58.1 Å². The van der Waals surface area contributed by atoms with Gasteiger partial charge in [0, 0.05) is 9.92 Å². The summed E-state index contributed by atoms with van der Waals surface area (Å²) in [4.78, 5) is 13.0. The minimum Gasteiger partial charge on any atom is -0.315 e. The fourth-order valence-corrected chi connectivity index (χ4v) is 2.84. The maximum absolute atomic E-state index is 12.1. The van der Waals surface area contributed by atoms with Gasteiger partial charge in [0.1, 0.15) is 0 Å². The van der Waals surface area contributed by atoms with E-state index in [0.29, 0.717) is 15.7 Å². The molecule has 0 saturated heterocycles. The number of halogens is 2. The minimum atomic E-state index is -0.201. The van der Waals surface area contributed by atoms with Crippen molar-refractivity contribution >= 4 is 45.9 Å². The maximum atomic E-state index is 12.1. The molecule has 0 atom stereocenters. The number of anilines is 1. The van der Waals surface area contributed by atoms with Gasteiger partial charge in [-0.15, -0.1) is 0 Å². The third kappa shape index (κ3) is 4.67. The van der Waals surface area contributed by atoms with Crippen LogP contribution in [0.5, 0.6) is 0 Å². The van der Waals surface area contributed by atoms with Crippen LogP contribution in [0.2, 0.25) is 10.0 Å². The van der Waals surface area contributed by atoms with Crippen molar-refractivity contribution < 1.29 is 4.79 Å². The quantitative estimate of drug-likeness (QED) is 0.615. The molecule has 0 spiro atoms. The van der Waals surface area contributed by atoms with E-state index < -0.39 is 0 Å². The number of thioether (sulfide) groups is 1. The van der Waals surface area contributed by atoms with Gasteiger partial charge in [-0.3, -0.25) is 4.79 Å². The van der Waals surface area contributed by atoms with Crippen LogP contribution < -0.4 is 5.32 Å². The van der Waals surface area contributed by atoms with Crippen LogP contribution in [0.1, 0.15) is 26.3 Å². The highest BCUT2D eigenvalue weighted by molar-refractivity contribution is 8.13. The van der Waals surface area contributed by atoms with E-state index in [9.17, 15) is 4.79 Å². The Labute approximate surface area is 145 Å². The first kappa shape index (κ1) is 17.2. The Bertz CT molecular complexity index is 678. The number of hydrogen-bond donors (Lipinski definition) is 1. The fourth-order valence-electron chi connectivity index (χ4n) is 1.86. The molecule has 1 N–H and O–H groups in total. The third-order valence-electron chi connectivity index (χ3n) is 3.10. The molecule has 5 heteroatoms. The maximum Gasteiger partial charge on any atom is 0.288 e. The van der Waals surface area contributed by atoms with Crippen LogP contribution in [0.15, 0.2) is 47.4 Å².